The molecule has 29 heavy (non-hydrogen) atoms. The van der Waals surface area contributed by atoms with E-state index in [1.54, 1.807) is 19.1 Å². The van der Waals surface area contributed by atoms with Crippen molar-refractivity contribution in [2.24, 2.45) is 5.92 Å². The van der Waals surface area contributed by atoms with Gasteiger partial charge in [0.25, 0.3) is 5.91 Å². The Balaban J connectivity index is 1.41. The normalized spacial score (nSPS) is 23.7. The Morgan fingerprint density at radius 2 is 2.00 bits per heavy atom. The molecule has 0 radical (unpaired) electrons. The summed E-state index contributed by atoms with van der Waals surface area (Å²) in [5.41, 5.74) is -0.213. The van der Waals surface area contributed by atoms with E-state index in [0.717, 1.165) is 10.1 Å². The zero-order valence-electron chi connectivity index (χ0n) is 15.9. The molecule has 2 heterocycles. The van der Waals surface area contributed by atoms with Crippen LogP contribution in [0.2, 0.25) is 0 Å². The molecule has 0 bridgehead atoms. The maximum Gasteiger partial charge on any atom is 0.348 e. The summed E-state index contributed by atoms with van der Waals surface area (Å²) in [5, 5.41) is 8.77. The Morgan fingerprint density at radius 3 is 2.66 bits per heavy atom. The van der Waals surface area contributed by atoms with E-state index < -0.39 is 11.6 Å². The van der Waals surface area contributed by atoms with Crippen LogP contribution in [0.25, 0.3) is 10.1 Å². The number of rotatable bonds is 4. The highest BCUT2D eigenvalue weighted by molar-refractivity contribution is 7.20. The van der Waals surface area contributed by atoms with Gasteiger partial charge in [-0.05, 0) is 62.3 Å². The first-order chi connectivity index (χ1) is 13.9. The van der Waals surface area contributed by atoms with Crippen LogP contribution in [0.4, 0.5) is 10.5 Å². The van der Waals surface area contributed by atoms with Crippen LogP contribution in [0.3, 0.4) is 0 Å². The number of amides is 4. The molecule has 1 spiro atoms. The minimum atomic E-state index is -0.868. The third-order valence-corrected chi connectivity index (χ3v) is 6.58. The van der Waals surface area contributed by atoms with Crippen molar-refractivity contribution in [3.05, 3.63) is 29.1 Å². The number of thiophene rings is 1. The second-order valence-electron chi connectivity index (χ2n) is 7.34. The van der Waals surface area contributed by atoms with E-state index in [-0.39, 0.29) is 23.7 Å². The number of carbonyl (C=O) groups excluding carboxylic acids is 4. The lowest BCUT2D eigenvalue weighted by Crippen LogP contribution is -2.50. The van der Waals surface area contributed by atoms with Gasteiger partial charge in [0, 0.05) is 16.3 Å². The van der Waals surface area contributed by atoms with Crippen LogP contribution in [0.15, 0.2) is 24.3 Å². The minimum absolute atomic E-state index is 0.107. The maximum absolute atomic E-state index is 12.7. The first kappa shape index (κ1) is 19.4. The van der Waals surface area contributed by atoms with E-state index in [4.69, 9.17) is 4.74 Å². The SMILES string of the molecule is CCOC(=O)c1cc2cc(NC(=O)C3CCC4(CC3)NC(=O)NC4=O)ccc2s1. The summed E-state index contributed by atoms with van der Waals surface area (Å²) in [6.07, 6.45) is 1.92. The van der Waals surface area contributed by atoms with Crippen LogP contribution in [0.5, 0.6) is 0 Å². The van der Waals surface area contributed by atoms with Crippen molar-refractivity contribution in [3.63, 3.8) is 0 Å². The van der Waals surface area contributed by atoms with Gasteiger partial charge in [-0.25, -0.2) is 9.59 Å². The Morgan fingerprint density at radius 1 is 1.24 bits per heavy atom. The quantitative estimate of drug-likeness (QED) is 0.525. The number of anilines is 1. The fraction of sp³-hybridized carbons (Fsp3) is 0.400. The molecule has 1 aromatic heterocycles. The first-order valence-electron chi connectivity index (χ1n) is 9.55. The Bertz CT molecular complexity index is 1010. The number of hydrogen-bond donors (Lipinski definition) is 3. The lowest BCUT2D eigenvalue weighted by atomic mass is 9.76. The van der Waals surface area contributed by atoms with Crippen LogP contribution in [0.1, 0.15) is 42.3 Å². The Kier molecular flexibility index (Phi) is 4.99. The van der Waals surface area contributed by atoms with E-state index in [9.17, 15) is 19.2 Å². The molecule has 1 saturated heterocycles. The van der Waals surface area contributed by atoms with E-state index in [0.29, 0.717) is 42.9 Å². The smallest absolute Gasteiger partial charge is 0.348 e. The van der Waals surface area contributed by atoms with Gasteiger partial charge in [0.2, 0.25) is 5.91 Å². The Labute approximate surface area is 171 Å². The third-order valence-electron chi connectivity index (χ3n) is 5.48. The van der Waals surface area contributed by atoms with E-state index in [2.05, 4.69) is 16.0 Å². The van der Waals surface area contributed by atoms with Crippen molar-refractivity contribution in [1.29, 1.82) is 0 Å². The molecule has 3 N–H and O–H groups in total. The van der Waals surface area contributed by atoms with E-state index >= 15 is 0 Å². The fourth-order valence-electron chi connectivity index (χ4n) is 3.92. The van der Waals surface area contributed by atoms with E-state index in [1.807, 2.05) is 12.1 Å². The molecule has 1 aromatic carbocycles. The monoisotopic (exact) mass is 415 g/mol. The standard InChI is InChI=1S/C20H21N3O5S/c1-2-28-17(25)15-10-12-9-13(3-4-14(12)29-15)21-16(24)11-5-7-20(8-6-11)18(26)22-19(27)23-20/h3-4,9-11H,2,5-8H2,1H3,(H,21,24)(H2,22,23,26,27). The molecule has 4 rings (SSSR count). The van der Waals surface area contributed by atoms with E-state index in [1.165, 1.54) is 11.3 Å². The van der Waals surface area contributed by atoms with Gasteiger partial charge < -0.3 is 15.4 Å². The zero-order valence-corrected chi connectivity index (χ0v) is 16.7. The number of urea groups is 1. The molecular weight excluding hydrogens is 394 g/mol. The predicted molar refractivity (Wildman–Crippen MR) is 108 cm³/mol. The van der Waals surface area contributed by atoms with Crippen molar-refractivity contribution in [2.45, 2.75) is 38.1 Å². The summed E-state index contributed by atoms with van der Waals surface area (Å²) < 4.78 is 5.97. The van der Waals surface area contributed by atoms with Crippen molar-refractivity contribution in [1.82, 2.24) is 10.6 Å². The van der Waals surface area contributed by atoms with Crippen LogP contribution >= 0.6 is 11.3 Å². The number of hydrogen-bond acceptors (Lipinski definition) is 6. The van der Waals surface area contributed by atoms with Crippen LogP contribution in [0, 0.1) is 5.92 Å². The molecule has 9 heteroatoms. The van der Waals surface area contributed by atoms with Gasteiger partial charge in [0.15, 0.2) is 0 Å². The fourth-order valence-corrected chi connectivity index (χ4v) is 4.86. The average molecular weight is 415 g/mol. The largest absolute Gasteiger partial charge is 0.462 e. The maximum atomic E-state index is 12.7. The molecule has 2 fully saturated rings. The average Bonchev–Trinajstić information content (AvgIpc) is 3.23. The number of benzene rings is 1. The van der Waals surface area contributed by atoms with Crippen molar-refractivity contribution < 1.29 is 23.9 Å². The number of carbonyl (C=O) groups is 4. The van der Waals surface area contributed by atoms with Crippen molar-refractivity contribution in [2.75, 3.05) is 11.9 Å². The number of fused-ring (bicyclic) bond motifs is 1. The second kappa shape index (κ2) is 7.47. The molecule has 0 atom stereocenters. The van der Waals surface area contributed by atoms with Gasteiger partial charge in [-0.2, -0.15) is 0 Å². The molecule has 1 aliphatic heterocycles. The molecule has 4 amide bonds. The van der Waals surface area contributed by atoms with Gasteiger partial charge in [-0.3, -0.25) is 14.9 Å². The van der Waals surface area contributed by atoms with Gasteiger partial charge in [-0.15, -0.1) is 11.3 Å². The summed E-state index contributed by atoms with van der Waals surface area (Å²) in [6.45, 7) is 2.08. The lowest BCUT2D eigenvalue weighted by molar-refractivity contribution is -0.128. The summed E-state index contributed by atoms with van der Waals surface area (Å²) in [4.78, 5) is 48.5. The predicted octanol–water partition coefficient (Wildman–Crippen LogP) is 2.78. The van der Waals surface area contributed by atoms with Gasteiger partial charge in [0.1, 0.15) is 10.4 Å². The highest BCUT2D eigenvalue weighted by Crippen LogP contribution is 2.35. The Hall–Kier alpha value is -2.94. The third kappa shape index (κ3) is 3.69. The van der Waals surface area contributed by atoms with Crippen molar-refractivity contribution >= 4 is 50.9 Å². The zero-order chi connectivity index (χ0) is 20.6. The van der Waals surface area contributed by atoms with Gasteiger partial charge >= 0.3 is 12.0 Å². The number of esters is 1. The van der Waals surface area contributed by atoms with Crippen LogP contribution < -0.4 is 16.0 Å². The summed E-state index contributed by atoms with van der Waals surface area (Å²) in [7, 11) is 0. The number of ether oxygens (including phenoxy) is 1. The molecule has 1 aliphatic carbocycles. The summed E-state index contributed by atoms with van der Waals surface area (Å²) >= 11 is 1.35. The lowest BCUT2D eigenvalue weighted by Gasteiger charge is -2.33. The summed E-state index contributed by atoms with van der Waals surface area (Å²) in [6, 6.07) is 6.80. The van der Waals surface area contributed by atoms with Crippen molar-refractivity contribution in [3.8, 4) is 0 Å². The van der Waals surface area contributed by atoms with Crippen LogP contribution in [-0.2, 0) is 14.3 Å². The molecular formula is C20H21N3O5S. The highest BCUT2D eigenvalue weighted by Gasteiger charge is 2.48. The summed E-state index contributed by atoms with van der Waals surface area (Å²) in [5.74, 6) is -0.982. The molecule has 8 nitrogen and oxygen atoms in total. The molecule has 152 valence electrons. The minimum Gasteiger partial charge on any atom is -0.462 e. The van der Waals surface area contributed by atoms with Crippen LogP contribution in [-0.4, -0.2) is 36.0 Å². The number of nitrogens with one attached hydrogen (secondary N) is 3. The highest BCUT2D eigenvalue weighted by atomic mass is 32.1. The second-order valence-corrected chi connectivity index (χ2v) is 8.42. The first-order valence-corrected chi connectivity index (χ1v) is 10.4. The number of imide groups is 1. The molecule has 0 unspecified atom stereocenters. The van der Waals surface area contributed by atoms with Gasteiger partial charge in [-0.1, -0.05) is 0 Å². The van der Waals surface area contributed by atoms with Gasteiger partial charge in [0.05, 0.1) is 6.61 Å². The molecule has 2 aromatic rings. The molecule has 2 aliphatic rings. The molecule has 1 saturated carbocycles. The topological polar surface area (TPSA) is 114 Å².